The van der Waals surface area contributed by atoms with E-state index >= 15 is 0 Å². The highest BCUT2D eigenvalue weighted by molar-refractivity contribution is 7.89. The summed E-state index contributed by atoms with van der Waals surface area (Å²) in [7, 11) is -4.01. The Morgan fingerprint density at radius 2 is 1.83 bits per heavy atom. The van der Waals surface area contributed by atoms with Crippen molar-refractivity contribution in [2.45, 2.75) is 50.1 Å². The Morgan fingerprint density at radius 1 is 1.11 bits per heavy atom. The Balaban J connectivity index is 1.38. The molecule has 1 N–H and O–H groups in total. The van der Waals surface area contributed by atoms with Crippen LogP contribution in [0.1, 0.15) is 38.7 Å². The van der Waals surface area contributed by atoms with Gasteiger partial charge < -0.3 is 14.8 Å². The molecule has 4 aliphatic rings. The molecule has 1 saturated heterocycles. The van der Waals surface area contributed by atoms with E-state index in [2.05, 4.69) is 19.2 Å². The minimum absolute atomic E-state index is 0.100. The van der Waals surface area contributed by atoms with Crippen molar-refractivity contribution in [3.8, 4) is 11.5 Å². The van der Waals surface area contributed by atoms with E-state index in [4.69, 9.17) is 9.47 Å². The van der Waals surface area contributed by atoms with Gasteiger partial charge in [-0.3, -0.25) is 4.79 Å². The maximum atomic E-state index is 14.1. The normalized spacial score (nSPS) is 33.2. The lowest BCUT2D eigenvalue weighted by Gasteiger charge is -2.46. The summed E-state index contributed by atoms with van der Waals surface area (Å²) < 4.78 is 54.2. The van der Waals surface area contributed by atoms with Gasteiger partial charge in [0, 0.05) is 24.6 Å². The zero-order chi connectivity index (χ0) is 24.6. The van der Waals surface area contributed by atoms with Gasteiger partial charge in [-0.05, 0) is 60.4 Å². The number of amides is 1. The smallest absolute Gasteiger partial charge is 0.244 e. The van der Waals surface area contributed by atoms with Gasteiger partial charge in [-0.25, -0.2) is 12.8 Å². The lowest BCUT2D eigenvalue weighted by atomic mass is 9.65. The fraction of sp³-hybridized carbons (Fsp3) is 0.500. The Morgan fingerprint density at radius 3 is 2.54 bits per heavy atom. The van der Waals surface area contributed by atoms with Crippen molar-refractivity contribution >= 4 is 15.9 Å². The van der Waals surface area contributed by atoms with Gasteiger partial charge in [-0.15, -0.1) is 0 Å². The molecule has 1 amide bonds. The predicted molar refractivity (Wildman–Crippen MR) is 126 cm³/mol. The number of carbonyl (C=O) groups is 1. The molecule has 7 nitrogen and oxygen atoms in total. The van der Waals surface area contributed by atoms with Gasteiger partial charge >= 0.3 is 0 Å². The number of hydrogen-bond acceptors (Lipinski definition) is 5. The number of hydrogen-bond donors (Lipinski definition) is 1. The molecule has 4 atom stereocenters. The SMILES string of the molecule is CC12CN(S(=O)(=O)c3ccc4c(c3)OCCO4)C3(C(=O)NCc4ccc(F)cc4)CC1CCC23C. The van der Waals surface area contributed by atoms with E-state index < -0.39 is 21.0 Å². The van der Waals surface area contributed by atoms with Crippen molar-refractivity contribution in [3.63, 3.8) is 0 Å². The number of halogens is 1. The van der Waals surface area contributed by atoms with Crippen LogP contribution in [0, 0.1) is 22.6 Å². The van der Waals surface area contributed by atoms with Crippen LogP contribution in [-0.4, -0.2) is 43.9 Å². The number of fused-ring (bicyclic) bond motifs is 1. The van der Waals surface area contributed by atoms with Crippen LogP contribution in [-0.2, 0) is 21.4 Å². The topological polar surface area (TPSA) is 84.9 Å². The average Bonchev–Trinajstić information content (AvgIpc) is 3.32. The van der Waals surface area contributed by atoms with E-state index in [0.717, 1.165) is 18.4 Å². The summed E-state index contributed by atoms with van der Waals surface area (Å²) in [6.45, 7) is 5.50. The third-order valence-electron chi connectivity index (χ3n) is 9.35. The molecule has 2 heterocycles. The molecule has 4 unspecified atom stereocenters. The summed E-state index contributed by atoms with van der Waals surface area (Å²) in [6, 6.07) is 10.6. The molecular weight excluding hydrogens is 471 g/mol. The Bertz CT molecular complexity index is 1320. The van der Waals surface area contributed by atoms with Crippen LogP contribution in [0.4, 0.5) is 4.39 Å². The Labute approximate surface area is 204 Å². The quantitative estimate of drug-likeness (QED) is 0.680. The largest absolute Gasteiger partial charge is 0.486 e. The number of piperidine rings is 1. The number of sulfonamides is 1. The maximum Gasteiger partial charge on any atom is 0.244 e. The monoisotopic (exact) mass is 500 g/mol. The molecule has 35 heavy (non-hydrogen) atoms. The van der Waals surface area contributed by atoms with Gasteiger partial charge in [0.1, 0.15) is 24.6 Å². The van der Waals surface area contributed by atoms with Crippen molar-refractivity contribution in [1.82, 2.24) is 9.62 Å². The number of nitrogens with one attached hydrogen (secondary N) is 1. The molecule has 186 valence electrons. The van der Waals surface area contributed by atoms with Crippen LogP contribution < -0.4 is 14.8 Å². The van der Waals surface area contributed by atoms with E-state index in [-0.39, 0.29) is 34.5 Å². The molecule has 2 saturated carbocycles. The lowest BCUT2D eigenvalue weighted by Crippen LogP contribution is -2.63. The highest BCUT2D eigenvalue weighted by Crippen LogP contribution is 2.76. The molecule has 0 spiro atoms. The first-order valence-corrected chi connectivity index (χ1v) is 13.5. The number of ether oxygens (including phenoxy) is 2. The molecule has 2 aliphatic carbocycles. The average molecular weight is 501 g/mol. The number of rotatable bonds is 5. The van der Waals surface area contributed by atoms with Gasteiger partial charge in [-0.2, -0.15) is 4.31 Å². The van der Waals surface area contributed by atoms with Crippen LogP contribution in [0.2, 0.25) is 0 Å². The summed E-state index contributed by atoms with van der Waals surface area (Å²) in [5, 5.41) is 3.00. The third-order valence-corrected chi connectivity index (χ3v) is 11.2. The fourth-order valence-electron chi connectivity index (χ4n) is 7.21. The Kier molecular flexibility index (Phi) is 4.84. The minimum Gasteiger partial charge on any atom is -0.486 e. The van der Waals surface area contributed by atoms with Gasteiger partial charge in [0.15, 0.2) is 11.5 Å². The molecule has 3 fully saturated rings. The van der Waals surface area contributed by atoms with E-state index in [9.17, 15) is 17.6 Å². The molecule has 2 aromatic carbocycles. The molecule has 0 aromatic heterocycles. The summed E-state index contributed by atoms with van der Waals surface area (Å²) in [4.78, 5) is 14.1. The van der Waals surface area contributed by atoms with Crippen molar-refractivity contribution in [3.05, 3.63) is 53.8 Å². The zero-order valence-electron chi connectivity index (χ0n) is 19.8. The molecule has 2 aliphatic heterocycles. The molecular formula is C26H29FN2O5S. The summed E-state index contributed by atoms with van der Waals surface area (Å²) in [6.07, 6.45) is 2.29. The van der Waals surface area contributed by atoms with Gasteiger partial charge in [0.25, 0.3) is 0 Å². The first-order chi connectivity index (χ1) is 16.6. The zero-order valence-corrected chi connectivity index (χ0v) is 20.7. The van der Waals surface area contributed by atoms with Crippen LogP contribution in [0.15, 0.2) is 47.4 Å². The van der Waals surface area contributed by atoms with Crippen molar-refractivity contribution in [2.24, 2.45) is 16.7 Å². The summed E-state index contributed by atoms with van der Waals surface area (Å²) in [5.41, 5.74) is -1.21. The number of nitrogens with zero attached hydrogens (tertiary/aromatic N) is 1. The predicted octanol–water partition coefficient (Wildman–Crippen LogP) is 3.48. The standard InChI is InChI=1S/C26H29FN2O5S/c1-24-16-29(35(31,32)20-7-8-21-22(13-20)34-12-11-33-21)26(14-18(24)9-10-25(24,26)2)23(30)28-15-17-3-5-19(27)6-4-17/h3-8,13,18H,9-12,14-16H2,1-2H3,(H,28,30). The second kappa shape index (κ2) is 7.43. The van der Waals surface area contributed by atoms with Crippen molar-refractivity contribution < 1.29 is 27.1 Å². The minimum atomic E-state index is -4.01. The second-order valence-electron chi connectivity index (χ2n) is 10.7. The van der Waals surface area contributed by atoms with E-state index in [1.807, 2.05) is 0 Å². The molecule has 6 rings (SSSR count). The molecule has 0 radical (unpaired) electrons. The number of carbonyl (C=O) groups excluding carboxylic acids is 1. The third kappa shape index (κ3) is 2.91. The van der Waals surface area contributed by atoms with Crippen LogP contribution in [0.5, 0.6) is 11.5 Å². The number of benzene rings is 2. The highest BCUT2D eigenvalue weighted by Gasteiger charge is 2.81. The van der Waals surface area contributed by atoms with Gasteiger partial charge in [-0.1, -0.05) is 26.0 Å². The lowest BCUT2D eigenvalue weighted by molar-refractivity contribution is -0.135. The molecule has 2 aromatic rings. The molecule has 4 bridgehead atoms. The Hall–Kier alpha value is -2.65. The highest BCUT2D eigenvalue weighted by atomic mass is 32.2. The van der Waals surface area contributed by atoms with E-state index in [1.54, 1.807) is 18.2 Å². The summed E-state index contributed by atoms with van der Waals surface area (Å²) in [5.74, 6) is 0.577. The first-order valence-electron chi connectivity index (χ1n) is 12.1. The summed E-state index contributed by atoms with van der Waals surface area (Å²) >= 11 is 0. The second-order valence-corrected chi connectivity index (χ2v) is 12.5. The maximum absolute atomic E-state index is 14.1. The van der Waals surface area contributed by atoms with E-state index in [0.29, 0.717) is 37.7 Å². The first kappa shape index (κ1) is 22.8. The van der Waals surface area contributed by atoms with Crippen molar-refractivity contribution in [2.75, 3.05) is 19.8 Å². The fourth-order valence-corrected chi connectivity index (χ4v) is 9.17. The van der Waals surface area contributed by atoms with Crippen LogP contribution in [0.25, 0.3) is 0 Å². The van der Waals surface area contributed by atoms with Crippen LogP contribution >= 0.6 is 0 Å². The van der Waals surface area contributed by atoms with Crippen LogP contribution in [0.3, 0.4) is 0 Å². The van der Waals surface area contributed by atoms with Gasteiger partial charge in [0.05, 0.1) is 4.90 Å². The molecule has 9 heteroatoms. The van der Waals surface area contributed by atoms with Gasteiger partial charge in [0.2, 0.25) is 15.9 Å². The van der Waals surface area contributed by atoms with Crippen molar-refractivity contribution in [1.29, 1.82) is 0 Å². The van der Waals surface area contributed by atoms with E-state index in [1.165, 1.54) is 28.6 Å².